The molecule has 0 bridgehead atoms. The summed E-state index contributed by atoms with van der Waals surface area (Å²) in [6.07, 6.45) is 2.67. The standard InChI is InChI=1S/C10H11ClN4O/c1-14(2)8(16)5-15-6-13-9-7(15)3-4-12-10(9)11/h3-4,6H,5H2,1-2H3/i1D3,2D3. The first-order chi connectivity index (χ1) is 10.0. The molecule has 0 fully saturated rings. The molecule has 0 radical (unpaired) electrons. The van der Waals surface area contributed by atoms with Gasteiger partial charge < -0.3 is 9.47 Å². The summed E-state index contributed by atoms with van der Waals surface area (Å²) < 4.78 is 44.7. The quantitative estimate of drug-likeness (QED) is 0.746. The number of aromatic nitrogens is 3. The van der Waals surface area contributed by atoms with Crippen molar-refractivity contribution in [3.8, 4) is 0 Å². The summed E-state index contributed by atoms with van der Waals surface area (Å²) in [4.78, 5) is 19.9. The van der Waals surface area contributed by atoms with Gasteiger partial charge in [0.05, 0.1) is 11.8 Å². The van der Waals surface area contributed by atoms with Crippen LogP contribution in [0.1, 0.15) is 8.22 Å². The molecule has 0 aliphatic carbocycles. The van der Waals surface area contributed by atoms with E-state index in [4.69, 9.17) is 19.8 Å². The van der Waals surface area contributed by atoms with Crippen LogP contribution >= 0.6 is 11.6 Å². The maximum atomic E-state index is 12.1. The number of carbonyl (C=O) groups is 1. The molecule has 0 unspecified atom stereocenters. The Labute approximate surface area is 106 Å². The minimum absolute atomic E-state index is 0.0887. The van der Waals surface area contributed by atoms with E-state index in [0.29, 0.717) is 11.0 Å². The lowest BCUT2D eigenvalue weighted by molar-refractivity contribution is -0.129. The Morgan fingerprint density at radius 2 is 2.44 bits per heavy atom. The number of hydrogen-bond acceptors (Lipinski definition) is 3. The molecule has 2 rings (SSSR count). The van der Waals surface area contributed by atoms with Gasteiger partial charge in [0.25, 0.3) is 0 Å². The van der Waals surface area contributed by atoms with Crippen LogP contribution in [0, 0.1) is 0 Å². The van der Waals surface area contributed by atoms with Gasteiger partial charge in [0.1, 0.15) is 12.1 Å². The summed E-state index contributed by atoms with van der Waals surface area (Å²) in [7, 11) is 0. The number of rotatable bonds is 2. The van der Waals surface area contributed by atoms with Crippen LogP contribution in [-0.4, -0.2) is 39.3 Å². The molecular weight excluding hydrogens is 228 g/mol. The Bertz CT molecular complexity index is 695. The van der Waals surface area contributed by atoms with Gasteiger partial charge in [-0.2, -0.15) is 0 Å². The van der Waals surface area contributed by atoms with E-state index in [0.717, 1.165) is 0 Å². The van der Waals surface area contributed by atoms with E-state index < -0.39 is 26.4 Å². The van der Waals surface area contributed by atoms with Crippen LogP contribution < -0.4 is 0 Å². The van der Waals surface area contributed by atoms with Gasteiger partial charge in [0, 0.05) is 28.4 Å². The fraction of sp³-hybridized carbons (Fsp3) is 0.300. The average Bonchev–Trinajstić information content (AvgIpc) is 2.70. The topological polar surface area (TPSA) is 51.0 Å². The SMILES string of the molecule is [2H]C([2H])([2H])N(C(=O)Cn1cnc2c(Cl)nccc21)C([2H])([2H])[2H]. The first kappa shape index (κ1) is 5.63. The smallest absolute Gasteiger partial charge is 0.242 e. The molecule has 0 N–H and O–H groups in total. The molecule has 2 aromatic heterocycles. The number of imidazole rings is 1. The number of pyridine rings is 1. The molecule has 0 saturated carbocycles. The van der Waals surface area contributed by atoms with E-state index in [9.17, 15) is 4.79 Å². The summed E-state index contributed by atoms with van der Waals surface area (Å²) in [6.45, 7) is -6.64. The number of amides is 1. The Kier molecular flexibility index (Phi) is 1.44. The summed E-state index contributed by atoms with van der Waals surface area (Å²) >= 11 is 5.85. The van der Waals surface area contributed by atoms with Crippen molar-refractivity contribution in [3.05, 3.63) is 23.7 Å². The van der Waals surface area contributed by atoms with Crippen molar-refractivity contribution >= 4 is 28.5 Å². The highest BCUT2D eigenvalue weighted by atomic mass is 35.5. The lowest BCUT2D eigenvalue weighted by Crippen LogP contribution is -2.25. The van der Waals surface area contributed by atoms with Crippen molar-refractivity contribution in [1.29, 1.82) is 0 Å². The van der Waals surface area contributed by atoms with Gasteiger partial charge in [-0.05, 0) is 6.07 Å². The third kappa shape index (κ3) is 1.86. The normalized spacial score (nSPS) is 17.8. The zero-order valence-electron chi connectivity index (χ0n) is 14.0. The fourth-order valence-electron chi connectivity index (χ4n) is 1.30. The molecule has 0 atom stereocenters. The second-order valence-electron chi connectivity index (χ2n) is 3.07. The predicted octanol–water partition coefficient (Wildman–Crippen LogP) is 1.17. The molecule has 1 amide bonds. The van der Waals surface area contributed by atoms with Gasteiger partial charge in [-0.15, -0.1) is 0 Å². The molecule has 0 spiro atoms. The van der Waals surface area contributed by atoms with Gasteiger partial charge >= 0.3 is 0 Å². The second-order valence-corrected chi connectivity index (χ2v) is 3.43. The monoisotopic (exact) mass is 244 g/mol. The van der Waals surface area contributed by atoms with Gasteiger partial charge in [-0.1, -0.05) is 11.6 Å². The molecule has 16 heavy (non-hydrogen) atoms. The summed E-state index contributed by atoms with van der Waals surface area (Å²) in [5, 5.41) is 0.132. The van der Waals surface area contributed by atoms with Crippen molar-refractivity contribution < 1.29 is 13.0 Å². The molecule has 0 aromatic carbocycles. The molecule has 6 heteroatoms. The molecular formula is C10H11ClN4O. The van der Waals surface area contributed by atoms with Gasteiger partial charge in [-0.3, -0.25) is 4.79 Å². The molecule has 0 aliphatic rings. The third-order valence-corrected chi connectivity index (χ3v) is 2.33. The van der Waals surface area contributed by atoms with Crippen LogP contribution in [0.2, 0.25) is 5.15 Å². The lowest BCUT2D eigenvalue weighted by atomic mass is 10.4. The van der Waals surface area contributed by atoms with Crippen molar-refractivity contribution in [3.63, 3.8) is 0 Å². The average molecular weight is 245 g/mol. The largest absolute Gasteiger partial charge is 0.347 e. The number of nitrogens with zero attached hydrogens (tertiary/aromatic N) is 4. The number of halogens is 1. The molecule has 84 valence electrons. The Hall–Kier alpha value is -1.62. The van der Waals surface area contributed by atoms with Crippen LogP contribution in [0.15, 0.2) is 18.6 Å². The maximum absolute atomic E-state index is 12.1. The van der Waals surface area contributed by atoms with Crippen LogP contribution in [0.25, 0.3) is 11.0 Å². The summed E-state index contributed by atoms with van der Waals surface area (Å²) in [5.74, 6) is -1.08. The fourth-order valence-corrected chi connectivity index (χ4v) is 1.50. The first-order valence-corrected chi connectivity index (χ1v) is 4.68. The van der Waals surface area contributed by atoms with Crippen LogP contribution in [0.5, 0.6) is 0 Å². The molecule has 2 heterocycles. The number of hydrogen-bond donors (Lipinski definition) is 0. The summed E-state index contributed by atoms with van der Waals surface area (Å²) in [6, 6.07) is 1.54. The Morgan fingerprint density at radius 1 is 1.62 bits per heavy atom. The zero-order chi connectivity index (χ0) is 16.7. The molecule has 0 aliphatic heterocycles. The number of carbonyl (C=O) groups excluding carboxylic acids is 1. The Balaban J connectivity index is 2.36. The van der Waals surface area contributed by atoms with E-state index in [1.165, 1.54) is 23.2 Å². The molecule has 2 aromatic rings. The highest BCUT2D eigenvalue weighted by Crippen LogP contribution is 2.18. The van der Waals surface area contributed by atoms with Crippen molar-refractivity contribution in [1.82, 2.24) is 19.4 Å². The van der Waals surface area contributed by atoms with Crippen LogP contribution in [0.3, 0.4) is 0 Å². The third-order valence-electron chi connectivity index (χ3n) is 2.05. The minimum Gasteiger partial charge on any atom is -0.347 e. The van der Waals surface area contributed by atoms with E-state index in [1.807, 2.05) is 0 Å². The Morgan fingerprint density at radius 3 is 3.19 bits per heavy atom. The van der Waals surface area contributed by atoms with Crippen molar-refractivity contribution in [2.75, 3.05) is 14.0 Å². The van der Waals surface area contributed by atoms with Crippen LogP contribution in [-0.2, 0) is 11.3 Å². The lowest BCUT2D eigenvalue weighted by Gasteiger charge is -2.10. The van der Waals surface area contributed by atoms with Crippen LogP contribution in [0.4, 0.5) is 0 Å². The van der Waals surface area contributed by atoms with E-state index in [2.05, 4.69) is 9.97 Å². The first-order valence-electron chi connectivity index (χ1n) is 7.30. The number of likely N-dealkylation sites (N-methyl/N-ethyl adjacent to an activating group) is 1. The molecule has 0 saturated heterocycles. The van der Waals surface area contributed by atoms with E-state index in [-0.39, 0.29) is 10.1 Å². The van der Waals surface area contributed by atoms with Crippen molar-refractivity contribution in [2.45, 2.75) is 6.54 Å². The maximum Gasteiger partial charge on any atom is 0.242 e. The highest BCUT2D eigenvalue weighted by molar-refractivity contribution is 6.33. The number of fused-ring (bicyclic) bond motifs is 1. The zero-order valence-corrected chi connectivity index (χ0v) is 8.77. The minimum atomic E-state index is -3.07. The van der Waals surface area contributed by atoms with Crippen molar-refractivity contribution in [2.24, 2.45) is 0 Å². The van der Waals surface area contributed by atoms with Gasteiger partial charge in [-0.25, -0.2) is 9.97 Å². The second kappa shape index (κ2) is 4.09. The summed E-state index contributed by atoms with van der Waals surface area (Å²) in [5.41, 5.74) is 0.788. The van der Waals surface area contributed by atoms with Gasteiger partial charge in [0.2, 0.25) is 5.91 Å². The van der Waals surface area contributed by atoms with E-state index in [1.54, 1.807) is 0 Å². The highest BCUT2D eigenvalue weighted by Gasteiger charge is 2.10. The van der Waals surface area contributed by atoms with E-state index >= 15 is 0 Å². The molecule has 5 nitrogen and oxygen atoms in total. The predicted molar refractivity (Wildman–Crippen MR) is 61.2 cm³/mol. The van der Waals surface area contributed by atoms with Gasteiger partial charge in [0.15, 0.2) is 5.15 Å².